The van der Waals surface area contributed by atoms with Crippen LogP contribution in [0.15, 0.2) is 48.5 Å². The Balaban J connectivity index is 1.91. The van der Waals surface area contributed by atoms with Gasteiger partial charge in [-0.25, -0.2) is 4.39 Å². The van der Waals surface area contributed by atoms with E-state index in [-0.39, 0.29) is 5.75 Å². The summed E-state index contributed by atoms with van der Waals surface area (Å²) in [7, 11) is 3.00. The van der Waals surface area contributed by atoms with Crippen molar-refractivity contribution < 1.29 is 28.2 Å². The summed E-state index contributed by atoms with van der Waals surface area (Å²) in [4.78, 5) is 23.9. The van der Waals surface area contributed by atoms with Gasteiger partial charge in [-0.2, -0.15) is 0 Å². The molecule has 0 aliphatic rings. The molecule has 28 heavy (non-hydrogen) atoms. The smallest absolute Gasteiger partial charge is 0.279 e. The lowest BCUT2D eigenvalue weighted by atomic mass is 10.1. The molecule has 0 aromatic heterocycles. The number of amides is 2. The van der Waals surface area contributed by atoms with E-state index in [0.29, 0.717) is 17.1 Å². The third kappa shape index (κ3) is 5.47. The standard InChI is InChI=1S/C20H21FN2O5/c1-13(28-16-9-5-4-8-15(16)21)20(25)23-22-18(24)12-11-14-7-6-10-17(26-2)19(14)27-3/h4-13H,1-3H3,(H,22,24)(H,23,25)/b12-11+/t13-/m1/s1. The van der Waals surface area contributed by atoms with Gasteiger partial charge in [0.2, 0.25) is 0 Å². The highest BCUT2D eigenvalue weighted by molar-refractivity contribution is 5.94. The van der Waals surface area contributed by atoms with E-state index in [9.17, 15) is 14.0 Å². The number of benzene rings is 2. The van der Waals surface area contributed by atoms with Crippen molar-refractivity contribution in [3.05, 3.63) is 59.9 Å². The molecule has 0 saturated heterocycles. The molecule has 0 spiro atoms. The molecule has 2 aromatic rings. The molecule has 0 fully saturated rings. The van der Waals surface area contributed by atoms with Gasteiger partial charge in [0.15, 0.2) is 29.2 Å². The Labute approximate surface area is 162 Å². The highest BCUT2D eigenvalue weighted by Crippen LogP contribution is 2.31. The molecule has 0 heterocycles. The number of ether oxygens (including phenoxy) is 3. The molecule has 0 bridgehead atoms. The second kappa shape index (κ2) is 9.96. The monoisotopic (exact) mass is 388 g/mol. The number of carbonyl (C=O) groups excluding carboxylic acids is 2. The number of nitrogens with one attached hydrogen (secondary N) is 2. The first-order chi connectivity index (χ1) is 13.5. The normalized spacial score (nSPS) is 11.6. The molecule has 0 unspecified atom stereocenters. The Morgan fingerprint density at radius 3 is 2.39 bits per heavy atom. The van der Waals surface area contributed by atoms with E-state index in [1.54, 1.807) is 24.3 Å². The lowest BCUT2D eigenvalue weighted by Crippen LogP contribution is -2.46. The zero-order chi connectivity index (χ0) is 20.5. The van der Waals surface area contributed by atoms with Crippen LogP contribution in [0.3, 0.4) is 0 Å². The van der Waals surface area contributed by atoms with Crippen LogP contribution in [0.25, 0.3) is 6.08 Å². The minimum absolute atomic E-state index is 0.0542. The molecule has 2 N–H and O–H groups in total. The van der Waals surface area contributed by atoms with Crippen molar-refractivity contribution in [2.45, 2.75) is 13.0 Å². The van der Waals surface area contributed by atoms with Gasteiger partial charge in [-0.1, -0.05) is 24.3 Å². The van der Waals surface area contributed by atoms with E-state index in [1.165, 1.54) is 51.5 Å². The van der Waals surface area contributed by atoms with Crippen LogP contribution in [0.2, 0.25) is 0 Å². The Hall–Kier alpha value is -3.55. The van der Waals surface area contributed by atoms with Gasteiger partial charge in [-0.05, 0) is 31.2 Å². The van der Waals surface area contributed by atoms with Crippen LogP contribution in [0.4, 0.5) is 4.39 Å². The molecule has 148 valence electrons. The predicted octanol–water partition coefficient (Wildman–Crippen LogP) is 2.47. The summed E-state index contributed by atoms with van der Waals surface area (Å²) in [6, 6.07) is 10.9. The fraction of sp³-hybridized carbons (Fsp3) is 0.200. The second-order valence-electron chi connectivity index (χ2n) is 5.59. The van der Waals surface area contributed by atoms with Crippen LogP contribution in [0.5, 0.6) is 17.2 Å². The van der Waals surface area contributed by atoms with E-state index in [4.69, 9.17) is 14.2 Å². The number of hydrogen-bond acceptors (Lipinski definition) is 5. The van der Waals surface area contributed by atoms with Gasteiger partial charge in [-0.3, -0.25) is 20.4 Å². The fourth-order valence-electron chi connectivity index (χ4n) is 2.26. The van der Waals surface area contributed by atoms with Crippen molar-refractivity contribution in [1.29, 1.82) is 0 Å². The van der Waals surface area contributed by atoms with Gasteiger partial charge >= 0.3 is 0 Å². The summed E-state index contributed by atoms with van der Waals surface area (Å²) in [5.74, 6) is -0.842. The average molecular weight is 388 g/mol. The second-order valence-corrected chi connectivity index (χ2v) is 5.59. The number of halogens is 1. The molecule has 2 aromatic carbocycles. The van der Waals surface area contributed by atoms with Crippen LogP contribution in [-0.2, 0) is 9.59 Å². The van der Waals surface area contributed by atoms with Gasteiger partial charge in [-0.15, -0.1) is 0 Å². The molecule has 1 atom stereocenters. The lowest BCUT2D eigenvalue weighted by molar-refractivity contribution is -0.131. The molecule has 8 heteroatoms. The largest absolute Gasteiger partial charge is 0.493 e. The number of para-hydroxylation sites is 2. The van der Waals surface area contributed by atoms with Crippen molar-refractivity contribution >= 4 is 17.9 Å². The number of hydrogen-bond donors (Lipinski definition) is 2. The maximum absolute atomic E-state index is 13.6. The van der Waals surface area contributed by atoms with Gasteiger partial charge in [0.25, 0.3) is 11.8 Å². The Kier molecular flexibility index (Phi) is 7.38. The lowest BCUT2D eigenvalue weighted by Gasteiger charge is -2.15. The van der Waals surface area contributed by atoms with Gasteiger partial charge in [0.05, 0.1) is 14.2 Å². The highest BCUT2D eigenvalue weighted by atomic mass is 19.1. The molecule has 2 rings (SSSR count). The van der Waals surface area contributed by atoms with Crippen molar-refractivity contribution in [3.63, 3.8) is 0 Å². The van der Waals surface area contributed by atoms with E-state index in [1.807, 2.05) is 0 Å². The van der Waals surface area contributed by atoms with Crippen LogP contribution >= 0.6 is 0 Å². The van der Waals surface area contributed by atoms with Crippen LogP contribution < -0.4 is 25.1 Å². The summed E-state index contributed by atoms with van der Waals surface area (Å²) in [6.07, 6.45) is 1.72. The zero-order valence-electron chi connectivity index (χ0n) is 15.7. The van der Waals surface area contributed by atoms with Gasteiger partial charge in [0, 0.05) is 11.6 Å². The maximum atomic E-state index is 13.6. The first-order valence-corrected chi connectivity index (χ1v) is 8.36. The van der Waals surface area contributed by atoms with Crippen LogP contribution in [-0.4, -0.2) is 32.1 Å². The molecule has 0 aliphatic carbocycles. The minimum atomic E-state index is -1.01. The predicted molar refractivity (Wildman–Crippen MR) is 101 cm³/mol. The van der Waals surface area contributed by atoms with E-state index in [2.05, 4.69) is 10.9 Å². The first-order valence-electron chi connectivity index (χ1n) is 8.36. The Morgan fingerprint density at radius 2 is 1.71 bits per heavy atom. The third-order valence-corrected chi connectivity index (χ3v) is 3.67. The summed E-state index contributed by atoms with van der Waals surface area (Å²) >= 11 is 0. The van der Waals surface area contributed by atoms with E-state index < -0.39 is 23.7 Å². The summed E-state index contributed by atoms with van der Waals surface area (Å²) < 4.78 is 29.2. The Morgan fingerprint density at radius 1 is 1.00 bits per heavy atom. The van der Waals surface area contributed by atoms with Gasteiger partial charge < -0.3 is 14.2 Å². The molecule has 0 saturated carbocycles. The van der Waals surface area contributed by atoms with Crippen molar-refractivity contribution in [3.8, 4) is 17.2 Å². The average Bonchev–Trinajstić information content (AvgIpc) is 2.71. The van der Waals surface area contributed by atoms with Crippen LogP contribution in [0, 0.1) is 5.82 Å². The van der Waals surface area contributed by atoms with Gasteiger partial charge in [0.1, 0.15) is 0 Å². The van der Waals surface area contributed by atoms with Crippen molar-refractivity contribution in [2.24, 2.45) is 0 Å². The molecule has 2 amide bonds. The topological polar surface area (TPSA) is 85.9 Å². The minimum Gasteiger partial charge on any atom is -0.493 e. The molecule has 7 nitrogen and oxygen atoms in total. The van der Waals surface area contributed by atoms with Crippen molar-refractivity contribution in [2.75, 3.05) is 14.2 Å². The van der Waals surface area contributed by atoms with E-state index in [0.717, 1.165) is 0 Å². The quantitative estimate of drug-likeness (QED) is 0.562. The molecular weight excluding hydrogens is 367 g/mol. The summed E-state index contributed by atoms with van der Waals surface area (Å²) in [5, 5.41) is 0. The van der Waals surface area contributed by atoms with Crippen LogP contribution in [0.1, 0.15) is 12.5 Å². The third-order valence-electron chi connectivity index (χ3n) is 3.67. The zero-order valence-corrected chi connectivity index (χ0v) is 15.7. The molecular formula is C20H21FN2O5. The first kappa shape index (κ1) is 20.8. The summed E-state index contributed by atoms with van der Waals surface area (Å²) in [5.41, 5.74) is 5.07. The maximum Gasteiger partial charge on any atom is 0.279 e. The molecule has 0 aliphatic heterocycles. The highest BCUT2D eigenvalue weighted by Gasteiger charge is 2.16. The SMILES string of the molecule is COc1cccc(/C=C/C(=O)NNC(=O)[C@@H](C)Oc2ccccc2F)c1OC. The number of methoxy groups -OCH3 is 2. The van der Waals surface area contributed by atoms with Crippen molar-refractivity contribution in [1.82, 2.24) is 10.9 Å². The Bertz CT molecular complexity index is 869. The summed E-state index contributed by atoms with van der Waals surface area (Å²) in [6.45, 7) is 1.44. The molecule has 0 radical (unpaired) electrons. The number of hydrazine groups is 1. The number of carbonyl (C=O) groups is 2. The number of rotatable bonds is 7. The van der Waals surface area contributed by atoms with E-state index >= 15 is 0 Å². The fourth-order valence-corrected chi connectivity index (χ4v) is 2.26.